The Morgan fingerprint density at radius 3 is 2.58 bits per heavy atom. The fraction of sp³-hybridized carbons (Fsp3) is 0.211. The molecule has 26 heavy (non-hydrogen) atoms. The van der Waals surface area contributed by atoms with Crippen LogP contribution in [-0.2, 0) is 17.8 Å². The first kappa shape index (κ1) is 17.6. The normalized spacial score (nSPS) is 10.5. The van der Waals surface area contributed by atoms with Gasteiger partial charge in [-0.2, -0.15) is 4.98 Å². The lowest BCUT2D eigenvalue weighted by Gasteiger charge is -2.04. The zero-order chi connectivity index (χ0) is 18.4. The molecule has 0 saturated heterocycles. The van der Waals surface area contributed by atoms with E-state index in [0.717, 1.165) is 11.3 Å². The SMILES string of the molecule is COc1ccc(CCC(=O)NCc2nc(-c3ccc(F)cc3)no2)cc1. The van der Waals surface area contributed by atoms with Crippen LogP contribution in [0.1, 0.15) is 17.9 Å². The number of hydrogen-bond acceptors (Lipinski definition) is 5. The second-order valence-electron chi connectivity index (χ2n) is 5.64. The van der Waals surface area contributed by atoms with E-state index < -0.39 is 0 Å². The van der Waals surface area contributed by atoms with E-state index in [1.807, 2.05) is 24.3 Å². The van der Waals surface area contributed by atoms with Crippen LogP contribution in [-0.4, -0.2) is 23.2 Å². The Balaban J connectivity index is 1.47. The zero-order valence-electron chi connectivity index (χ0n) is 14.2. The summed E-state index contributed by atoms with van der Waals surface area (Å²) in [5.74, 6) is 0.991. The van der Waals surface area contributed by atoms with Crippen molar-refractivity contribution in [1.29, 1.82) is 0 Å². The van der Waals surface area contributed by atoms with Gasteiger partial charge in [0, 0.05) is 12.0 Å². The first-order valence-electron chi connectivity index (χ1n) is 8.12. The lowest BCUT2D eigenvalue weighted by Crippen LogP contribution is -2.23. The number of hydrogen-bond donors (Lipinski definition) is 1. The molecule has 3 rings (SSSR count). The summed E-state index contributed by atoms with van der Waals surface area (Å²) in [6.45, 7) is 0.148. The highest BCUT2D eigenvalue weighted by Crippen LogP contribution is 2.16. The Labute approximate surface area is 150 Å². The molecule has 134 valence electrons. The number of aryl methyl sites for hydroxylation is 1. The molecule has 6 nitrogen and oxygen atoms in total. The Bertz CT molecular complexity index is 860. The highest BCUT2D eigenvalue weighted by atomic mass is 19.1. The van der Waals surface area contributed by atoms with Crippen LogP contribution in [0.2, 0.25) is 0 Å². The largest absolute Gasteiger partial charge is 0.497 e. The predicted octanol–water partition coefficient (Wildman–Crippen LogP) is 3.13. The molecular formula is C19H18FN3O3. The molecule has 0 fully saturated rings. The molecule has 0 saturated carbocycles. The van der Waals surface area contributed by atoms with Crippen molar-refractivity contribution in [2.24, 2.45) is 0 Å². The number of rotatable bonds is 7. The van der Waals surface area contributed by atoms with Gasteiger partial charge >= 0.3 is 0 Å². The van der Waals surface area contributed by atoms with E-state index in [9.17, 15) is 9.18 Å². The van der Waals surface area contributed by atoms with Gasteiger partial charge < -0.3 is 14.6 Å². The van der Waals surface area contributed by atoms with E-state index in [4.69, 9.17) is 9.26 Å². The van der Waals surface area contributed by atoms with E-state index in [0.29, 0.717) is 30.1 Å². The molecule has 1 amide bonds. The number of carbonyl (C=O) groups excluding carboxylic acids is 1. The molecule has 0 radical (unpaired) electrons. The van der Waals surface area contributed by atoms with Crippen molar-refractivity contribution in [3.05, 3.63) is 65.8 Å². The van der Waals surface area contributed by atoms with Gasteiger partial charge in [0.05, 0.1) is 13.7 Å². The van der Waals surface area contributed by atoms with Crippen LogP contribution in [0.15, 0.2) is 53.1 Å². The number of nitrogens with one attached hydrogen (secondary N) is 1. The molecule has 2 aromatic carbocycles. The lowest BCUT2D eigenvalue weighted by atomic mass is 10.1. The van der Waals surface area contributed by atoms with E-state index in [1.165, 1.54) is 12.1 Å². The van der Waals surface area contributed by atoms with E-state index in [-0.39, 0.29) is 18.3 Å². The maximum atomic E-state index is 12.9. The summed E-state index contributed by atoms with van der Waals surface area (Å²) >= 11 is 0. The first-order valence-corrected chi connectivity index (χ1v) is 8.12. The number of ether oxygens (including phenoxy) is 1. The van der Waals surface area contributed by atoms with E-state index >= 15 is 0 Å². The highest BCUT2D eigenvalue weighted by molar-refractivity contribution is 5.76. The fourth-order valence-electron chi connectivity index (χ4n) is 2.36. The van der Waals surface area contributed by atoms with Crippen LogP contribution < -0.4 is 10.1 Å². The Morgan fingerprint density at radius 1 is 1.15 bits per heavy atom. The number of methoxy groups -OCH3 is 1. The molecule has 0 unspecified atom stereocenters. The topological polar surface area (TPSA) is 77.2 Å². The van der Waals surface area contributed by atoms with Crippen LogP contribution in [0.5, 0.6) is 5.75 Å². The van der Waals surface area contributed by atoms with E-state index in [1.54, 1.807) is 19.2 Å². The van der Waals surface area contributed by atoms with Crippen molar-refractivity contribution in [3.63, 3.8) is 0 Å². The Kier molecular flexibility index (Phi) is 5.58. The molecule has 0 bridgehead atoms. The molecule has 0 aliphatic heterocycles. The van der Waals surface area contributed by atoms with Crippen molar-refractivity contribution in [3.8, 4) is 17.1 Å². The molecule has 0 aliphatic carbocycles. The quantitative estimate of drug-likeness (QED) is 0.704. The molecule has 0 spiro atoms. The minimum Gasteiger partial charge on any atom is -0.497 e. The molecule has 3 aromatic rings. The van der Waals surface area contributed by atoms with Gasteiger partial charge in [-0.3, -0.25) is 4.79 Å². The van der Waals surface area contributed by atoms with Crippen LogP contribution in [0.3, 0.4) is 0 Å². The standard InChI is InChI=1S/C19H18FN3O3/c1-25-16-9-2-13(3-10-16)4-11-17(24)21-12-18-22-19(23-26-18)14-5-7-15(20)8-6-14/h2-3,5-10H,4,11-12H2,1H3,(H,21,24). The Hall–Kier alpha value is -3.22. The fourth-order valence-corrected chi connectivity index (χ4v) is 2.36. The average molecular weight is 355 g/mol. The van der Waals surface area contributed by atoms with Gasteiger partial charge in [0.1, 0.15) is 11.6 Å². The second-order valence-corrected chi connectivity index (χ2v) is 5.64. The van der Waals surface area contributed by atoms with Crippen molar-refractivity contribution >= 4 is 5.91 Å². The molecule has 0 aliphatic rings. The number of nitrogens with zero attached hydrogens (tertiary/aromatic N) is 2. The maximum Gasteiger partial charge on any atom is 0.246 e. The van der Waals surface area contributed by atoms with Crippen molar-refractivity contribution in [2.45, 2.75) is 19.4 Å². The molecular weight excluding hydrogens is 337 g/mol. The van der Waals surface area contributed by atoms with Gasteiger partial charge in [0.2, 0.25) is 17.6 Å². The van der Waals surface area contributed by atoms with E-state index in [2.05, 4.69) is 15.5 Å². The number of benzene rings is 2. The van der Waals surface area contributed by atoms with Crippen LogP contribution in [0.4, 0.5) is 4.39 Å². The van der Waals surface area contributed by atoms with Crippen LogP contribution in [0, 0.1) is 5.82 Å². The predicted molar refractivity (Wildman–Crippen MR) is 92.9 cm³/mol. The number of aromatic nitrogens is 2. The summed E-state index contributed by atoms with van der Waals surface area (Å²) in [6.07, 6.45) is 0.978. The van der Waals surface area contributed by atoms with Crippen molar-refractivity contribution < 1.29 is 18.4 Å². The summed E-state index contributed by atoms with van der Waals surface area (Å²) in [7, 11) is 1.61. The van der Waals surface area contributed by atoms with Gasteiger partial charge in [-0.25, -0.2) is 4.39 Å². The minimum atomic E-state index is -0.332. The summed E-state index contributed by atoms with van der Waals surface area (Å²) in [4.78, 5) is 16.2. The van der Waals surface area contributed by atoms with Gasteiger partial charge in [-0.1, -0.05) is 17.3 Å². The summed E-state index contributed by atoms with van der Waals surface area (Å²) < 4.78 is 23.1. The highest BCUT2D eigenvalue weighted by Gasteiger charge is 2.10. The van der Waals surface area contributed by atoms with Gasteiger partial charge in [0.15, 0.2) is 0 Å². The molecule has 1 aromatic heterocycles. The molecule has 7 heteroatoms. The van der Waals surface area contributed by atoms with Crippen LogP contribution in [0.25, 0.3) is 11.4 Å². The third-order valence-electron chi connectivity index (χ3n) is 3.81. The van der Waals surface area contributed by atoms with Crippen LogP contribution >= 0.6 is 0 Å². The first-order chi connectivity index (χ1) is 12.6. The third-order valence-corrected chi connectivity index (χ3v) is 3.81. The summed E-state index contributed by atoms with van der Waals surface area (Å²) in [5, 5.41) is 6.58. The Morgan fingerprint density at radius 2 is 1.88 bits per heavy atom. The minimum absolute atomic E-state index is 0.109. The number of carbonyl (C=O) groups is 1. The smallest absolute Gasteiger partial charge is 0.246 e. The molecule has 1 heterocycles. The second kappa shape index (κ2) is 8.24. The molecule has 0 atom stereocenters. The average Bonchev–Trinajstić information content (AvgIpc) is 3.14. The number of amides is 1. The lowest BCUT2D eigenvalue weighted by molar-refractivity contribution is -0.121. The maximum absolute atomic E-state index is 12.9. The zero-order valence-corrected chi connectivity index (χ0v) is 14.2. The van der Waals surface area contributed by atoms with Gasteiger partial charge in [-0.15, -0.1) is 0 Å². The van der Waals surface area contributed by atoms with Crippen molar-refractivity contribution in [2.75, 3.05) is 7.11 Å². The monoisotopic (exact) mass is 355 g/mol. The summed E-state index contributed by atoms with van der Waals surface area (Å²) in [6, 6.07) is 13.4. The van der Waals surface area contributed by atoms with Gasteiger partial charge in [0.25, 0.3) is 0 Å². The number of halogens is 1. The van der Waals surface area contributed by atoms with Gasteiger partial charge in [-0.05, 0) is 48.4 Å². The third kappa shape index (κ3) is 4.66. The van der Waals surface area contributed by atoms with Crippen molar-refractivity contribution in [1.82, 2.24) is 15.5 Å². The molecule has 1 N–H and O–H groups in total. The summed E-state index contributed by atoms with van der Waals surface area (Å²) in [5.41, 5.74) is 1.70.